The summed E-state index contributed by atoms with van der Waals surface area (Å²) in [4.78, 5) is 132. The molecule has 0 aromatic heterocycles. The van der Waals surface area contributed by atoms with Gasteiger partial charge in [-0.3, -0.25) is 43.2 Å². The molecule has 0 spiro atoms. The number of aromatic hydroxyl groups is 1. The largest absolute Gasteiger partial charge is 0.508 e. The second-order valence-electron chi connectivity index (χ2n) is 18.4. The molecule has 5 aromatic carbocycles. The molecule has 6 atom stereocenters. The van der Waals surface area contributed by atoms with E-state index < -0.39 is 128 Å². The minimum atomic E-state index is -1.53. The predicted molar refractivity (Wildman–Crippen MR) is 277 cm³/mol. The van der Waals surface area contributed by atoms with Crippen LogP contribution in [0.1, 0.15) is 41.5 Å². The van der Waals surface area contributed by atoms with Gasteiger partial charge >= 0.3 is 11.9 Å². The van der Waals surface area contributed by atoms with Crippen molar-refractivity contribution in [3.8, 4) is 5.75 Å². The van der Waals surface area contributed by atoms with Gasteiger partial charge < -0.3 is 62.5 Å². The zero-order valence-corrected chi connectivity index (χ0v) is 41.7. The van der Waals surface area contributed by atoms with Gasteiger partial charge in [0.1, 0.15) is 36.0 Å². The summed E-state index contributed by atoms with van der Waals surface area (Å²) in [5, 5.41) is 58.4. The van der Waals surface area contributed by atoms with E-state index in [1.807, 2.05) is 42.5 Å². The molecule has 11 N–H and O–H groups in total. The molecule has 5 aromatic rings. The van der Waals surface area contributed by atoms with Crippen LogP contribution < -0.4 is 37.2 Å². The molecule has 1 saturated heterocycles. The van der Waals surface area contributed by atoms with Crippen LogP contribution in [-0.2, 0) is 73.6 Å². The number of rotatable bonds is 26. The highest BCUT2D eigenvalue weighted by molar-refractivity contribution is 5.97. The molecule has 1 aliphatic rings. The van der Waals surface area contributed by atoms with Crippen molar-refractivity contribution in [2.24, 2.45) is 0 Å². The smallest absolute Gasteiger partial charge is 0.326 e. The standard InChI is InChI=1S/C55H60N8O14/c64-39-19-16-35(17-20-39)26-42(51(72)58-29-47(67)57-31-48(68)59-41(21-22-50(70)71)54(75)63-32-40(65)28-45(63)55(76)77)61-53(74)44(25-34-11-5-2-6-12-34)62-52(73)43(24-33-9-3-1-4-10-33)60-49(69)30-56-46(66)27-36-15-18-37-13-7-8-14-38(37)23-36/h1-20,23,40-45,64-65H,21-22,24-32H2,(H,56,66)(H,57,67)(H,58,72)(H,59,68)(H,60,69)(H,61,74)(H,62,73)(H,70,71)(H,76,77)/t40-,41+,42+,43+,44+,45+/m1/s1. The van der Waals surface area contributed by atoms with E-state index in [9.17, 15) is 68.4 Å². The Balaban J connectivity index is 1.11. The lowest BCUT2D eigenvalue weighted by Crippen LogP contribution is -2.58. The molecule has 8 amide bonds. The number of carbonyl (C=O) groups is 10. The lowest BCUT2D eigenvalue weighted by atomic mass is 10.0. The third kappa shape index (κ3) is 18.0. The van der Waals surface area contributed by atoms with Crippen molar-refractivity contribution < 1.29 is 68.4 Å². The number of carbonyl (C=O) groups excluding carboxylic acids is 8. The topological polar surface area (TPSA) is 339 Å². The number of carboxylic acid groups (broad SMARTS) is 2. The SMILES string of the molecule is O=C(O)CC[C@H](NC(=O)CNC(=O)CNC(=O)[C@H](Cc1ccc(O)cc1)NC(=O)[C@H](Cc1ccccc1)NC(=O)[C@H](Cc1ccccc1)NC(=O)CNC(=O)Cc1ccc2ccccc2c1)C(=O)N1C[C@H](O)C[C@H]1C(=O)O. The number of β-amino-alcohol motifs (C(OH)–C–C–N with tert-alkyl or cyclic N) is 1. The van der Waals surface area contributed by atoms with Gasteiger partial charge in [-0.2, -0.15) is 0 Å². The van der Waals surface area contributed by atoms with E-state index in [4.69, 9.17) is 0 Å². The third-order valence-corrected chi connectivity index (χ3v) is 12.5. The van der Waals surface area contributed by atoms with Gasteiger partial charge in [0.2, 0.25) is 47.3 Å². The summed E-state index contributed by atoms with van der Waals surface area (Å²) < 4.78 is 0. The number of phenols is 1. The second kappa shape index (κ2) is 27.9. The summed E-state index contributed by atoms with van der Waals surface area (Å²) in [5.41, 5.74) is 2.48. The average molecular weight is 1060 g/mol. The van der Waals surface area contributed by atoms with E-state index in [0.717, 1.165) is 21.2 Å². The Labute approximate surface area is 442 Å². The zero-order valence-electron chi connectivity index (χ0n) is 41.7. The average Bonchev–Trinajstić information content (AvgIpc) is 3.84. The van der Waals surface area contributed by atoms with E-state index >= 15 is 0 Å². The van der Waals surface area contributed by atoms with Crippen LogP contribution in [0.5, 0.6) is 5.75 Å². The molecule has 22 heteroatoms. The molecule has 0 radical (unpaired) electrons. The molecule has 1 aliphatic heterocycles. The van der Waals surface area contributed by atoms with Crippen LogP contribution in [0.3, 0.4) is 0 Å². The summed E-state index contributed by atoms with van der Waals surface area (Å²) in [5.74, 6) is -9.21. The number of carboxylic acids is 2. The molecule has 1 heterocycles. The van der Waals surface area contributed by atoms with Crippen molar-refractivity contribution in [1.29, 1.82) is 0 Å². The number of hydrogen-bond donors (Lipinski definition) is 11. The van der Waals surface area contributed by atoms with Crippen LogP contribution in [0.4, 0.5) is 0 Å². The molecule has 22 nitrogen and oxygen atoms in total. The summed E-state index contributed by atoms with van der Waals surface area (Å²) >= 11 is 0. The van der Waals surface area contributed by atoms with Crippen molar-refractivity contribution >= 4 is 70.0 Å². The molecule has 6 rings (SSSR count). The highest BCUT2D eigenvalue weighted by Crippen LogP contribution is 2.21. The highest BCUT2D eigenvalue weighted by Gasteiger charge is 2.41. The fraction of sp³-hybridized carbons (Fsp3) is 0.309. The van der Waals surface area contributed by atoms with E-state index in [1.165, 1.54) is 24.3 Å². The van der Waals surface area contributed by atoms with Crippen molar-refractivity contribution in [1.82, 2.24) is 42.1 Å². The van der Waals surface area contributed by atoms with Crippen molar-refractivity contribution in [2.45, 2.75) is 81.3 Å². The Hall–Kier alpha value is -9.18. The number of aliphatic hydroxyl groups is 1. The third-order valence-electron chi connectivity index (χ3n) is 12.5. The Morgan fingerprint density at radius 2 is 0.987 bits per heavy atom. The quantitative estimate of drug-likeness (QED) is 0.0348. The number of aliphatic hydroxyl groups excluding tert-OH is 1. The minimum Gasteiger partial charge on any atom is -0.508 e. The number of hydrogen-bond acceptors (Lipinski definition) is 12. The van der Waals surface area contributed by atoms with Gasteiger partial charge in [-0.15, -0.1) is 0 Å². The monoisotopic (exact) mass is 1060 g/mol. The van der Waals surface area contributed by atoms with E-state index in [2.05, 4.69) is 37.2 Å². The first-order valence-electron chi connectivity index (χ1n) is 24.7. The molecule has 1 fully saturated rings. The summed E-state index contributed by atoms with van der Waals surface area (Å²) in [6.45, 7) is -2.33. The van der Waals surface area contributed by atoms with Gasteiger partial charge in [-0.25, -0.2) is 4.79 Å². The molecule has 0 saturated carbocycles. The first kappa shape index (κ1) is 57.1. The molecular weight excluding hydrogens is 997 g/mol. The van der Waals surface area contributed by atoms with Crippen LogP contribution in [0.25, 0.3) is 10.8 Å². The van der Waals surface area contributed by atoms with Crippen LogP contribution in [-0.4, -0.2) is 147 Å². The highest BCUT2D eigenvalue weighted by atomic mass is 16.4. The molecular formula is C55H60N8O14. The van der Waals surface area contributed by atoms with Crippen LogP contribution in [0.2, 0.25) is 0 Å². The molecule has 0 bridgehead atoms. The van der Waals surface area contributed by atoms with E-state index in [1.54, 1.807) is 60.7 Å². The Kier molecular flexibility index (Phi) is 20.7. The maximum Gasteiger partial charge on any atom is 0.326 e. The lowest BCUT2D eigenvalue weighted by molar-refractivity contribution is -0.149. The number of likely N-dealkylation sites (tertiary alicyclic amines) is 1. The van der Waals surface area contributed by atoms with Gasteiger partial charge in [0.25, 0.3) is 0 Å². The summed E-state index contributed by atoms with van der Waals surface area (Å²) in [7, 11) is 0. The molecule has 77 heavy (non-hydrogen) atoms. The molecule has 0 aliphatic carbocycles. The Morgan fingerprint density at radius 3 is 1.56 bits per heavy atom. The van der Waals surface area contributed by atoms with E-state index in [0.29, 0.717) is 16.7 Å². The fourth-order valence-corrected chi connectivity index (χ4v) is 8.55. The van der Waals surface area contributed by atoms with Gasteiger partial charge in [0.15, 0.2) is 0 Å². The number of amides is 8. The fourth-order valence-electron chi connectivity index (χ4n) is 8.55. The van der Waals surface area contributed by atoms with Gasteiger partial charge in [0.05, 0.1) is 32.2 Å². The minimum absolute atomic E-state index is 0.00340. The summed E-state index contributed by atoms with van der Waals surface area (Å²) in [6.07, 6.45) is -2.76. The van der Waals surface area contributed by atoms with Crippen molar-refractivity contribution in [2.75, 3.05) is 26.2 Å². The number of fused-ring (bicyclic) bond motifs is 1. The molecule has 0 unspecified atom stereocenters. The number of benzene rings is 5. The number of aliphatic carboxylic acids is 2. The van der Waals surface area contributed by atoms with Gasteiger partial charge in [0, 0.05) is 38.6 Å². The zero-order chi connectivity index (χ0) is 55.4. The molecule has 404 valence electrons. The predicted octanol–water partition coefficient (Wildman–Crippen LogP) is 0.0150. The van der Waals surface area contributed by atoms with Crippen LogP contribution in [0.15, 0.2) is 127 Å². The summed E-state index contributed by atoms with van der Waals surface area (Å²) in [6, 6.07) is 29.4. The first-order chi connectivity index (χ1) is 36.9. The number of phenolic OH excluding ortho intramolecular Hbond substituents is 1. The first-order valence-corrected chi connectivity index (χ1v) is 24.7. The second-order valence-corrected chi connectivity index (χ2v) is 18.4. The lowest BCUT2D eigenvalue weighted by Gasteiger charge is -2.27. The Bertz CT molecular complexity index is 2920. The number of nitrogens with zero attached hydrogens (tertiary/aromatic N) is 1. The van der Waals surface area contributed by atoms with Crippen molar-refractivity contribution in [3.63, 3.8) is 0 Å². The van der Waals surface area contributed by atoms with Crippen LogP contribution >= 0.6 is 0 Å². The van der Waals surface area contributed by atoms with Crippen molar-refractivity contribution in [3.05, 3.63) is 150 Å². The van der Waals surface area contributed by atoms with Gasteiger partial charge in [-0.1, -0.05) is 115 Å². The van der Waals surface area contributed by atoms with Crippen LogP contribution in [0, 0.1) is 0 Å². The Morgan fingerprint density at radius 1 is 0.506 bits per heavy atom. The number of nitrogens with one attached hydrogen (secondary N) is 7. The maximum absolute atomic E-state index is 14.4. The van der Waals surface area contributed by atoms with E-state index in [-0.39, 0.29) is 44.4 Å². The normalized spacial score (nSPS) is 15.4. The van der Waals surface area contributed by atoms with Gasteiger partial charge in [-0.05, 0) is 51.6 Å². The maximum atomic E-state index is 14.4.